The van der Waals surface area contributed by atoms with Crippen LogP contribution in [0.2, 0.25) is 0 Å². The first-order valence-corrected chi connectivity index (χ1v) is 7.64. The van der Waals surface area contributed by atoms with Crippen LogP contribution in [0.4, 0.5) is 5.69 Å². The van der Waals surface area contributed by atoms with Crippen LogP contribution in [0.3, 0.4) is 0 Å². The molecule has 0 heterocycles. The predicted molar refractivity (Wildman–Crippen MR) is 78.5 cm³/mol. The molecule has 0 saturated heterocycles. The third-order valence-electron chi connectivity index (χ3n) is 1.74. The molecule has 0 unspecified atom stereocenters. The van der Waals surface area contributed by atoms with Crippen LogP contribution in [-0.2, 0) is 4.79 Å². The number of thioether (sulfide) groups is 1. The van der Waals surface area contributed by atoms with Crippen molar-refractivity contribution in [3.63, 3.8) is 0 Å². The van der Waals surface area contributed by atoms with E-state index in [4.69, 9.17) is 0 Å². The molecule has 0 fully saturated rings. The summed E-state index contributed by atoms with van der Waals surface area (Å²) in [6.45, 7) is 0. The lowest BCUT2D eigenvalue weighted by atomic mass is 10.3. The molecule has 1 aromatic carbocycles. The average Bonchev–Trinajstić information content (AvgIpc) is 2.19. The van der Waals surface area contributed by atoms with E-state index in [0.29, 0.717) is 6.42 Å². The minimum Gasteiger partial charge on any atom is -0.325 e. The minimum absolute atomic E-state index is 0.0614. The van der Waals surface area contributed by atoms with E-state index in [-0.39, 0.29) is 5.91 Å². The molecule has 0 aliphatic carbocycles. The summed E-state index contributed by atoms with van der Waals surface area (Å²) in [5.74, 6) is 0.916. The molecule has 1 N–H and O–H groups in total. The molecule has 0 aliphatic rings. The van der Waals surface area contributed by atoms with Gasteiger partial charge < -0.3 is 5.32 Å². The topological polar surface area (TPSA) is 29.1 Å². The zero-order chi connectivity index (χ0) is 11.3. The van der Waals surface area contributed by atoms with Gasteiger partial charge in [0.25, 0.3) is 0 Å². The molecule has 82 valence electrons. The fourth-order valence-electron chi connectivity index (χ4n) is 0.998. The van der Waals surface area contributed by atoms with Crippen LogP contribution < -0.4 is 5.32 Å². The zero-order valence-electron chi connectivity index (χ0n) is 8.22. The summed E-state index contributed by atoms with van der Waals surface area (Å²) in [5, 5.41) is 2.87. The first kappa shape index (κ1) is 13.3. The third-order valence-corrected chi connectivity index (χ3v) is 3.68. The molecule has 1 rings (SSSR count). The van der Waals surface area contributed by atoms with Gasteiger partial charge in [-0.15, -0.1) is 0 Å². The highest BCUT2D eigenvalue weighted by molar-refractivity contribution is 14.1. The Balaban J connectivity index is 2.60. The Morgan fingerprint density at radius 1 is 1.60 bits per heavy atom. The van der Waals surface area contributed by atoms with Crippen LogP contribution >= 0.6 is 50.3 Å². The van der Waals surface area contributed by atoms with Crippen molar-refractivity contribution in [2.45, 2.75) is 6.42 Å². The molecular weight excluding hydrogens is 389 g/mol. The number of benzene rings is 1. The summed E-state index contributed by atoms with van der Waals surface area (Å²) in [5.41, 5.74) is 0.835. The summed E-state index contributed by atoms with van der Waals surface area (Å²) in [6, 6.07) is 5.85. The third kappa shape index (κ3) is 4.74. The average molecular weight is 400 g/mol. The molecule has 0 saturated carbocycles. The Morgan fingerprint density at radius 3 is 2.93 bits per heavy atom. The van der Waals surface area contributed by atoms with Crippen molar-refractivity contribution in [2.24, 2.45) is 0 Å². The predicted octanol–water partition coefficient (Wildman–Crippen LogP) is 3.75. The van der Waals surface area contributed by atoms with Crippen molar-refractivity contribution in [1.29, 1.82) is 0 Å². The van der Waals surface area contributed by atoms with Crippen LogP contribution in [0, 0.1) is 3.57 Å². The van der Waals surface area contributed by atoms with E-state index in [1.54, 1.807) is 11.8 Å². The molecular formula is C10H11BrINOS. The van der Waals surface area contributed by atoms with Gasteiger partial charge in [-0.05, 0) is 63.0 Å². The van der Waals surface area contributed by atoms with Gasteiger partial charge in [-0.2, -0.15) is 11.8 Å². The fourth-order valence-corrected chi connectivity index (χ4v) is 2.78. The molecule has 0 radical (unpaired) electrons. The molecule has 5 heteroatoms. The number of nitrogens with one attached hydrogen (secondary N) is 1. The maximum absolute atomic E-state index is 11.5. The van der Waals surface area contributed by atoms with Gasteiger partial charge in [-0.1, -0.05) is 0 Å². The molecule has 15 heavy (non-hydrogen) atoms. The molecule has 0 spiro atoms. The number of hydrogen-bond acceptors (Lipinski definition) is 2. The standard InChI is InChI=1S/C10H11BrINOS/c1-15-5-4-10(14)13-9-3-2-7(12)6-8(9)11/h2-3,6H,4-5H2,1H3,(H,13,14). The maximum Gasteiger partial charge on any atom is 0.225 e. The summed E-state index contributed by atoms with van der Waals surface area (Å²) < 4.78 is 2.06. The lowest BCUT2D eigenvalue weighted by Crippen LogP contribution is -2.12. The van der Waals surface area contributed by atoms with E-state index in [0.717, 1.165) is 19.5 Å². The van der Waals surface area contributed by atoms with Crippen LogP contribution in [-0.4, -0.2) is 17.9 Å². The van der Waals surface area contributed by atoms with Gasteiger partial charge in [0.2, 0.25) is 5.91 Å². The first-order chi connectivity index (χ1) is 7.13. The van der Waals surface area contributed by atoms with Crippen LogP contribution in [0.25, 0.3) is 0 Å². The summed E-state index contributed by atoms with van der Waals surface area (Å²) in [7, 11) is 0. The summed E-state index contributed by atoms with van der Waals surface area (Å²) in [6.07, 6.45) is 2.55. The lowest BCUT2D eigenvalue weighted by molar-refractivity contribution is -0.115. The molecule has 0 aliphatic heterocycles. The second kappa shape index (κ2) is 6.75. The first-order valence-electron chi connectivity index (χ1n) is 4.37. The Kier molecular flexibility index (Phi) is 5.99. The largest absolute Gasteiger partial charge is 0.325 e. The normalized spacial score (nSPS) is 10.1. The molecule has 0 bridgehead atoms. The van der Waals surface area contributed by atoms with Crippen molar-refractivity contribution in [3.05, 3.63) is 26.2 Å². The monoisotopic (exact) mass is 399 g/mol. The van der Waals surface area contributed by atoms with Crippen LogP contribution in [0.1, 0.15) is 6.42 Å². The van der Waals surface area contributed by atoms with Gasteiger partial charge in [0, 0.05) is 20.2 Å². The fraction of sp³-hybridized carbons (Fsp3) is 0.300. The van der Waals surface area contributed by atoms with Crippen molar-refractivity contribution in [1.82, 2.24) is 0 Å². The van der Waals surface area contributed by atoms with Gasteiger partial charge in [0.05, 0.1) is 5.69 Å². The number of halogens is 2. The van der Waals surface area contributed by atoms with Gasteiger partial charge >= 0.3 is 0 Å². The molecule has 2 nitrogen and oxygen atoms in total. The Bertz CT molecular complexity index is 359. The highest BCUT2D eigenvalue weighted by Crippen LogP contribution is 2.24. The molecule has 1 aromatic rings. The van der Waals surface area contributed by atoms with Crippen molar-refractivity contribution >= 4 is 61.9 Å². The quantitative estimate of drug-likeness (QED) is 0.781. The Morgan fingerprint density at radius 2 is 2.33 bits per heavy atom. The van der Waals surface area contributed by atoms with Gasteiger partial charge in [0.1, 0.15) is 0 Å². The van der Waals surface area contributed by atoms with E-state index in [1.807, 2.05) is 24.5 Å². The van der Waals surface area contributed by atoms with Crippen molar-refractivity contribution in [3.8, 4) is 0 Å². The molecule has 0 aromatic heterocycles. The summed E-state index contributed by atoms with van der Waals surface area (Å²) in [4.78, 5) is 11.5. The van der Waals surface area contributed by atoms with Crippen LogP contribution in [0.5, 0.6) is 0 Å². The second-order valence-corrected chi connectivity index (χ2v) is 6.00. The molecule has 0 atom stereocenters. The SMILES string of the molecule is CSCCC(=O)Nc1ccc(I)cc1Br. The Labute approximate surface area is 116 Å². The highest BCUT2D eigenvalue weighted by Gasteiger charge is 2.05. The van der Waals surface area contributed by atoms with E-state index in [9.17, 15) is 4.79 Å². The molecule has 1 amide bonds. The Hall–Kier alpha value is 0.250. The van der Waals surface area contributed by atoms with Gasteiger partial charge in [-0.3, -0.25) is 4.79 Å². The van der Waals surface area contributed by atoms with E-state index in [2.05, 4.69) is 43.8 Å². The number of carbonyl (C=O) groups excluding carboxylic acids is 1. The van der Waals surface area contributed by atoms with Crippen LogP contribution in [0.15, 0.2) is 22.7 Å². The number of anilines is 1. The number of hydrogen-bond donors (Lipinski definition) is 1. The number of rotatable bonds is 4. The van der Waals surface area contributed by atoms with E-state index in [1.165, 1.54) is 0 Å². The number of amides is 1. The zero-order valence-corrected chi connectivity index (χ0v) is 12.8. The van der Waals surface area contributed by atoms with Crippen molar-refractivity contribution in [2.75, 3.05) is 17.3 Å². The van der Waals surface area contributed by atoms with Gasteiger partial charge in [0.15, 0.2) is 0 Å². The van der Waals surface area contributed by atoms with E-state index >= 15 is 0 Å². The van der Waals surface area contributed by atoms with Crippen molar-refractivity contribution < 1.29 is 4.79 Å². The van der Waals surface area contributed by atoms with E-state index < -0.39 is 0 Å². The number of carbonyl (C=O) groups is 1. The van der Waals surface area contributed by atoms with Gasteiger partial charge in [-0.25, -0.2) is 0 Å². The highest BCUT2D eigenvalue weighted by atomic mass is 127. The second-order valence-electron chi connectivity index (χ2n) is 2.92. The maximum atomic E-state index is 11.5. The summed E-state index contributed by atoms with van der Waals surface area (Å²) >= 11 is 7.32. The lowest BCUT2D eigenvalue weighted by Gasteiger charge is -2.07. The smallest absolute Gasteiger partial charge is 0.225 e. The minimum atomic E-state index is 0.0614.